The lowest BCUT2D eigenvalue weighted by Gasteiger charge is -2.18. The summed E-state index contributed by atoms with van der Waals surface area (Å²) in [4.78, 5) is 26.2. The Balaban J connectivity index is 1.96. The number of hydrogen-bond acceptors (Lipinski definition) is 3. The fourth-order valence-corrected chi connectivity index (χ4v) is 3.55. The summed E-state index contributed by atoms with van der Waals surface area (Å²) in [6.45, 7) is 3.66. The summed E-state index contributed by atoms with van der Waals surface area (Å²) >= 11 is 3.44. The van der Waals surface area contributed by atoms with Gasteiger partial charge in [-0.25, -0.2) is 4.68 Å². The van der Waals surface area contributed by atoms with Gasteiger partial charge in [-0.15, -0.1) is 0 Å². The van der Waals surface area contributed by atoms with Crippen molar-refractivity contribution in [2.45, 2.75) is 13.8 Å². The largest absolute Gasteiger partial charge is 0.306 e. The number of carbonyl (C=O) groups excluding carboxylic acids is 1. The summed E-state index contributed by atoms with van der Waals surface area (Å²) in [5, 5.41) is 7.44. The molecule has 1 aromatic heterocycles. The lowest BCUT2D eigenvalue weighted by atomic mass is 10.0. The number of hydrogen-bond donors (Lipinski definition) is 1. The molecule has 0 unspecified atom stereocenters. The Morgan fingerprint density at radius 1 is 0.903 bits per heavy atom. The third kappa shape index (κ3) is 4.34. The van der Waals surface area contributed by atoms with Crippen molar-refractivity contribution in [3.05, 3.63) is 110 Å². The lowest BCUT2D eigenvalue weighted by molar-refractivity contribution is 0.102. The molecule has 0 radical (unpaired) electrons. The zero-order chi connectivity index (χ0) is 22.0. The molecule has 0 aliphatic carbocycles. The van der Waals surface area contributed by atoms with Crippen molar-refractivity contribution in [3.63, 3.8) is 0 Å². The smallest absolute Gasteiger partial charge is 0.256 e. The van der Waals surface area contributed by atoms with E-state index in [0.717, 1.165) is 21.3 Å². The highest BCUT2D eigenvalue weighted by Crippen LogP contribution is 2.28. The van der Waals surface area contributed by atoms with Crippen LogP contribution in [-0.4, -0.2) is 15.7 Å². The summed E-state index contributed by atoms with van der Waals surface area (Å²) in [5.41, 5.74) is 3.54. The Hall–Kier alpha value is -3.51. The number of rotatable bonds is 4. The van der Waals surface area contributed by atoms with Crippen LogP contribution in [0.4, 0.5) is 5.82 Å². The number of benzene rings is 3. The fourth-order valence-electron chi connectivity index (χ4n) is 3.28. The minimum absolute atomic E-state index is 0.222. The maximum atomic E-state index is 13.2. The van der Waals surface area contributed by atoms with E-state index in [1.165, 1.54) is 0 Å². The molecule has 154 valence electrons. The van der Waals surface area contributed by atoms with Gasteiger partial charge in [-0.1, -0.05) is 64.0 Å². The molecule has 0 bridgehead atoms. The molecular formula is C25H20BrN3O2. The lowest BCUT2D eigenvalue weighted by Crippen LogP contribution is -2.24. The van der Waals surface area contributed by atoms with Crippen LogP contribution in [0.15, 0.2) is 88.1 Å². The van der Waals surface area contributed by atoms with Gasteiger partial charge < -0.3 is 5.32 Å². The average Bonchev–Trinajstić information content (AvgIpc) is 2.78. The van der Waals surface area contributed by atoms with Crippen molar-refractivity contribution in [2.75, 3.05) is 5.32 Å². The predicted octanol–water partition coefficient (Wildman–Crippen LogP) is 5.53. The van der Waals surface area contributed by atoms with Gasteiger partial charge in [-0.05, 0) is 55.8 Å². The van der Waals surface area contributed by atoms with E-state index in [0.29, 0.717) is 22.6 Å². The average molecular weight is 474 g/mol. The monoisotopic (exact) mass is 473 g/mol. The summed E-state index contributed by atoms with van der Waals surface area (Å²) < 4.78 is 2.53. The first-order valence-corrected chi connectivity index (χ1v) is 10.6. The molecule has 0 atom stereocenters. The van der Waals surface area contributed by atoms with Crippen LogP contribution >= 0.6 is 15.9 Å². The molecule has 5 nitrogen and oxygen atoms in total. The Bertz CT molecular complexity index is 1300. The van der Waals surface area contributed by atoms with Gasteiger partial charge >= 0.3 is 0 Å². The number of aryl methyl sites for hydroxylation is 2. The summed E-state index contributed by atoms with van der Waals surface area (Å²) in [7, 11) is 0. The minimum Gasteiger partial charge on any atom is -0.306 e. The zero-order valence-corrected chi connectivity index (χ0v) is 18.7. The SMILES string of the molecule is Cc1ccc(-c2c(NC(=O)c3ccccc3)n(-c3ccc(Br)cc3)nc(C)c2=O)cc1. The van der Waals surface area contributed by atoms with Crippen molar-refractivity contribution in [2.24, 2.45) is 0 Å². The number of carbonyl (C=O) groups is 1. The number of aromatic nitrogens is 2. The maximum absolute atomic E-state index is 13.2. The van der Waals surface area contributed by atoms with Crippen LogP contribution in [0.3, 0.4) is 0 Å². The second kappa shape index (κ2) is 8.70. The van der Waals surface area contributed by atoms with Gasteiger partial charge in [0.15, 0.2) is 0 Å². The Morgan fingerprint density at radius 2 is 1.55 bits per heavy atom. The molecule has 1 amide bonds. The van der Waals surface area contributed by atoms with E-state index in [4.69, 9.17) is 0 Å². The van der Waals surface area contributed by atoms with Crippen LogP contribution in [0.25, 0.3) is 16.8 Å². The molecule has 6 heteroatoms. The zero-order valence-electron chi connectivity index (χ0n) is 17.1. The molecule has 1 N–H and O–H groups in total. The normalized spacial score (nSPS) is 10.7. The number of anilines is 1. The highest BCUT2D eigenvalue weighted by atomic mass is 79.9. The molecule has 31 heavy (non-hydrogen) atoms. The predicted molar refractivity (Wildman–Crippen MR) is 127 cm³/mol. The Kier molecular flexibility index (Phi) is 5.82. The molecule has 4 aromatic rings. The van der Waals surface area contributed by atoms with Crippen molar-refractivity contribution in [1.29, 1.82) is 0 Å². The molecular weight excluding hydrogens is 454 g/mol. The van der Waals surface area contributed by atoms with E-state index >= 15 is 0 Å². The van der Waals surface area contributed by atoms with Gasteiger partial charge in [0, 0.05) is 10.0 Å². The van der Waals surface area contributed by atoms with Gasteiger partial charge in [-0.2, -0.15) is 5.10 Å². The van der Waals surface area contributed by atoms with E-state index < -0.39 is 0 Å². The van der Waals surface area contributed by atoms with Gasteiger partial charge in [0.25, 0.3) is 5.91 Å². The molecule has 0 spiro atoms. The second-order valence-corrected chi connectivity index (χ2v) is 8.13. The van der Waals surface area contributed by atoms with Crippen LogP contribution in [-0.2, 0) is 0 Å². The first-order valence-electron chi connectivity index (χ1n) is 9.77. The van der Waals surface area contributed by atoms with Crippen molar-refractivity contribution >= 4 is 27.7 Å². The van der Waals surface area contributed by atoms with Crippen LogP contribution in [0.1, 0.15) is 21.6 Å². The van der Waals surface area contributed by atoms with E-state index in [2.05, 4.69) is 26.3 Å². The Morgan fingerprint density at radius 3 is 2.19 bits per heavy atom. The Labute approximate surface area is 188 Å². The van der Waals surface area contributed by atoms with E-state index in [1.54, 1.807) is 35.9 Å². The molecule has 0 aliphatic heterocycles. The molecule has 1 heterocycles. The molecule has 4 rings (SSSR count). The first kappa shape index (κ1) is 20.8. The third-order valence-corrected chi connectivity index (χ3v) is 5.46. The van der Waals surface area contributed by atoms with Gasteiger partial charge in [0.1, 0.15) is 11.5 Å². The molecule has 0 saturated heterocycles. The molecule has 0 saturated carbocycles. The second-order valence-electron chi connectivity index (χ2n) is 7.21. The standard InChI is InChI=1S/C25H20BrN3O2/c1-16-8-10-18(11-9-16)22-23(30)17(2)28-29(21-14-12-20(26)13-15-21)24(22)27-25(31)19-6-4-3-5-7-19/h3-15H,1-2H3,(H,27,31). The van der Waals surface area contributed by atoms with Crippen LogP contribution in [0.5, 0.6) is 0 Å². The molecule has 0 aliphatic rings. The third-order valence-electron chi connectivity index (χ3n) is 4.93. The van der Waals surface area contributed by atoms with Gasteiger partial charge in [0.05, 0.1) is 11.3 Å². The number of amides is 1. The van der Waals surface area contributed by atoms with Crippen LogP contribution in [0.2, 0.25) is 0 Å². The summed E-state index contributed by atoms with van der Waals surface area (Å²) in [5.74, 6) is 0.0144. The van der Waals surface area contributed by atoms with E-state index in [9.17, 15) is 9.59 Å². The topological polar surface area (TPSA) is 64.0 Å². The number of nitrogens with one attached hydrogen (secondary N) is 1. The van der Waals surface area contributed by atoms with E-state index in [1.807, 2.05) is 61.5 Å². The van der Waals surface area contributed by atoms with Crippen LogP contribution in [0, 0.1) is 13.8 Å². The molecule has 3 aromatic carbocycles. The summed E-state index contributed by atoms with van der Waals surface area (Å²) in [6, 6.07) is 24.1. The maximum Gasteiger partial charge on any atom is 0.256 e. The summed E-state index contributed by atoms with van der Waals surface area (Å²) in [6.07, 6.45) is 0. The van der Waals surface area contributed by atoms with Crippen LogP contribution < -0.4 is 10.7 Å². The van der Waals surface area contributed by atoms with Gasteiger partial charge in [-0.3, -0.25) is 9.59 Å². The first-order chi connectivity index (χ1) is 14.9. The highest BCUT2D eigenvalue weighted by molar-refractivity contribution is 9.10. The van der Waals surface area contributed by atoms with Crippen molar-refractivity contribution in [1.82, 2.24) is 9.78 Å². The van der Waals surface area contributed by atoms with E-state index in [-0.39, 0.29) is 11.3 Å². The fraction of sp³-hybridized carbons (Fsp3) is 0.0800. The number of halogens is 1. The molecule has 0 fully saturated rings. The van der Waals surface area contributed by atoms with Crippen molar-refractivity contribution in [3.8, 4) is 16.8 Å². The van der Waals surface area contributed by atoms with Gasteiger partial charge in [0.2, 0.25) is 5.43 Å². The number of nitrogens with zero attached hydrogens (tertiary/aromatic N) is 2. The van der Waals surface area contributed by atoms with Crippen molar-refractivity contribution < 1.29 is 4.79 Å². The highest BCUT2D eigenvalue weighted by Gasteiger charge is 2.20. The minimum atomic E-state index is -0.315. The quantitative estimate of drug-likeness (QED) is 0.423.